The van der Waals surface area contributed by atoms with Crippen molar-refractivity contribution in [3.63, 3.8) is 0 Å². The standard InChI is InChI=1S/C17H35NO3Si2/c1-16(2,3)22(7,8)20-14-12-11-13(18-14)15(19)21-23(9,10)17(4,5)6/h13H,11-12H2,1-10H3. The van der Waals surface area contributed by atoms with E-state index in [0.717, 1.165) is 12.3 Å². The summed E-state index contributed by atoms with van der Waals surface area (Å²) < 4.78 is 12.1. The van der Waals surface area contributed by atoms with Gasteiger partial charge in [0.1, 0.15) is 6.04 Å². The van der Waals surface area contributed by atoms with Crippen molar-refractivity contribution in [2.75, 3.05) is 0 Å². The maximum Gasteiger partial charge on any atom is 0.317 e. The van der Waals surface area contributed by atoms with Crippen LogP contribution in [0.15, 0.2) is 4.99 Å². The highest BCUT2D eigenvalue weighted by molar-refractivity contribution is 6.76. The van der Waals surface area contributed by atoms with Gasteiger partial charge in [0.25, 0.3) is 16.6 Å². The second-order valence-electron chi connectivity index (χ2n) is 9.62. The van der Waals surface area contributed by atoms with E-state index in [1.54, 1.807) is 0 Å². The van der Waals surface area contributed by atoms with Crippen LogP contribution in [-0.2, 0) is 13.6 Å². The summed E-state index contributed by atoms with van der Waals surface area (Å²) >= 11 is 0. The lowest BCUT2D eigenvalue weighted by Crippen LogP contribution is -2.44. The fraction of sp³-hybridized carbons (Fsp3) is 0.882. The van der Waals surface area contributed by atoms with Crippen LogP contribution < -0.4 is 0 Å². The van der Waals surface area contributed by atoms with Gasteiger partial charge in [-0.05, 0) is 42.7 Å². The van der Waals surface area contributed by atoms with E-state index in [4.69, 9.17) is 8.85 Å². The summed E-state index contributed by atoms with van der Waals surface area (Å²) in [4.78, 5) is 17.0. The lowest BCUT2D eigenvalue weighted by molar-refractivity contribution is -0.136. The fourth-order valence-electron chi connectivity index (χ4n) is 1.73. The summed E-state index contributed by atoms with van der Waals surface area (Å²) in [5.74, 6) is 0.569. The second-order valence-corrected chi connectivity index (χ2v) is 19.1. The molecule has 0 aromatic heterocycles. The molecule has 0 spiro atoms. The predicted octanol–water partition coefficient (Wildman–Crippen LogP) is 5.12. The zero-order chi connectivity index (χ0) is 18.3. The van der Waals surface area contributed by atoms with Crippen molar-refractivity contribution in [3.05, 3.63) is 0 Å². The first-order valence-electron chi connectivity index (χ1n) is 8.55. The van der Waals surface area contributed by atoms with Gasteiger partial charge in [0.05, 0.1) is 0 Å². The molecule has 0 N–H and O–H groups in total. The molecular weight excluding hydrogens is 322 g/mol. The highest BCUT2D eigenvalue weighted by Gasteiger charge is 2.44. The summed E-state index contributed by atoms with van der Waals surface area (Å²) in [6, 6.07) is -0.385. The van der Waals surface area contributed by atoms with Gasteiger partial charge in [-0.25, -0.2) is 4.99 Å². The van der Waals surface area contributed by atoms with Crippen LogP contribution in [0.4, 0.5) is 0 Å². The van der Waals surface area contributed by atoms with Crippen LogP contribution in [0.1, 0.15) is 54.4 Å². The third kappa shape index (κ3) is 4.92. The SMILES string of the molecule is CC(C)(C)[Si](C)(C)OC(=O)C1CCC(O[Si](C)(C)C(C)(C)C)=N1. The van der Waals surface area contributed by atoms with Gasteiger partial charge in [0, 0.05) is 6.42 Å². The lowest BCUT2D eigenvalue weighted by Gasteiger charge is -2.36. The van der Waals surface area contributed by atoms with Crippen LogP contribution in [-0.4, -0.2) is 34.5 Å². The van der Waals surface area contributed by atoms with Crippen LogP contribution in [0.3, 0.4) is 0 Å². The topological polar surface area (TPSA) is 47.9 Å². The number of nitrogens with zero attached hydrogens (tertiary/aromatic N) is 1. The van der Waals surface area contributed by atoms with Crippen molar-refractivity contribution in [3.8, 4) is 0 Å². The number of hydrogen-bond donors (Lipinski definition) is 0. The van der Waals surface area contributed by atoms with Crippen molar-refractivity contribution in [2.45, 2.75) is 96.7 Å². The summed E-state index contributed by atoms with van der Waals surface area (Å²) in [6.07, 6.45) is 1.45. The summed E-state index contributed by atoms with van der Waals surface area (Å²) in [5.41, 5.74) is 0. The molecule has 0 aromatic carbocycles. The summed E-state index contributed by atoms with van der Waals surface area (Å²) in [5, 5.41) is 0.153. The Kier molecular flexibility index (Phi) is 5.64. The molecule has 23 heavy (non-hydrogen) atoms. The molecule has 1 atom stereocenters. The molecule has 0 radical (unpaired) electrons. The molecule has 1 unspecified atom stereocenters. The number of carbonyl (C=O) groups excluding carboxylic acids is 1. The summed E-state index contributed by atoms with van der Waals surface area (Å²) in [7, 11) is -3.97. The maximum atomic E-state index is 12.5. The molecule has 0 amide bonds. The molecule has 0 aromatic rings. The van der Waals surface area contributed by atoms with Crippen molar-refractivity contribution in [1.82, 2.24) is 0 Å². The van der Waals surface area contributed by atoms with Gasteiger partial charge in [0.15, 0.2) is 5.90 Å². The van der Waals surface area contributed by atoms with Crippen LogP contribution in [0.5, 0.6) is 0 Å². The van der Waals surface area contributed by atoms with E-state index in [1.165, 1.54) is 0 Å². The normalized spacial score (nSPS) is 20.3. The minimum atomic E-state index is -2.09. The smallest absolute Gasteiger partial charge is 0.317 e. The van der Waals surface area contributed by atoms with Crippen LogP contribution in [0.25, 0.3) is 0 Å². The molecule has 0 bridgehead atoms. The van der Waals surface area contributed by atoms with Crippen LogP contribution in [0.2, 0.25) is 36.3 Å². The number of carbonyl (C=O) groups is 1. The maximum absolute atomic E-state index is 12.5. The van der Waals surface area contributed by atoms with Crippen molar-refractivity contribution in [1.29, 1.82) is 0 Å². The molecule has 4 nitrogen and oxygen atoms in total. The number of hydrogen-bond acceptors (Lipinski definition) is 4. The average molecular weight is 358 g/mol. The zero-order valence-corrected chi connectivity index (χ0v) is 18.7. The highest BCUT2D eigenvalue weighted by Crippen LogP contribution is 2.39. The van der Waals surface area contributed by atoms with Gasteiger partial charge in [-0.3, -0.25) is 4.79 Å². The molecule has 1 heterocycles. The minimum Gasteiger partial charge on any atom is -0.534 e. The fourth-order valence-corrected chi connectivity index (χ4v) is 3.73. The minimum absolute atomic E-state index is 0.0193. The van der Waals surface area contributed by atoms with E-state index < -0.39 is 16.6 Å². The monoisotopic (exact) mass is 357 g/mol. The Morgan fingerprint density at radius 1 is 1.00 bits per heavy atom. The van der Waals surface area contributed by atoms with Crippen molar-refractivity contribution >= 4 is 28.5 Å². The molecular formula is C17H35NO3Si2. The van der Waals surface area contributed by atoms with Gasteiger partial charge in [-0.1, -0.05) is 41.5 Å². The predicted molar refractivity (Wildman–Crippen MR) is 102 cm³/mol. The molecule has 1 aliphatic rings. The van der Waals surface area contributed by atoms with E-state index in [-0.39, 0.29) is 22.1 Å². The van der Waals surface area contributed by atoms with E-state index in [9.17, 15) is 4.79 Å². The molecule has 0 aliphatic carbocycles. The van der Waals surface area contributed by atoms with Crippen LogP contribution >= 0.6 is 0 Å². The molecule has 134 valence electrons. The summed E-state index contributed by atoms with van der Waals surface area (Å²) in [6.45, 7) is 21.6. The Balaban J connectivity index is 2.76. The lowest BCUT2D eigenvalue weighted by atomic mass is 10.2. The molecule has 1 aliphatic heterocycles. The van der Waals surface area contributed by atoms with E-state index in [0.29, 0.717) is 6.42 Å². The largest absolute Gasteiger partial charge is 0.534 e. The third-order valence-electron chi connectivity index (χ3n) is 5.54. The third-order valence-corrected chi connectivity index (χ3v) is 14.2. The van der Waals surface area contributed by atoms with Crippen molar-refractivity contribution in [2.24, 2.45) is 4.99 Å². The van der Waals surface area contributed by atoms with E-state index in [1.807, 2.05) is 0 Å². The molecule has 0 saturated heterocycles. The molecule has 0 saturated carbocycles. The van der Waals surface area contributed by atoms with Gasteiger partial charge in [-0.2, -0.15) is 0 Å². The Labute approximate surface area is 144 Å². The van der Waals surface area contributed by atoms with Gasteiger partial charge < -0.3 is 8.85 Å². The Morgan fingerprint density at radius 3 is 1.91 bits per heavy atom. The molecule has 1 rings (SSSR count). The Hall–Kier alpha value is -0.626. The van der Waals surface area contributed by atoms with E-state index >= 15 is 0 Å². The first kappa shape index (κ1) is 20.4. The Morgan fingerprint density at radius 2 is 1.48 bits per heavy atom. The highest BCUT2D eigenvalue weighted by atomic mass is 28.4. The number of aliphatic imine (C=N–C) groups is 1. The Bertz CT molecular complexity index is 485. The number of rotatable bonds is 3. The van der Waals surface area contributed by atoms with Crippen LogP contribution in [0, 0.1) is 0 Å². The molecule has 0 fully saturated rings. The zero-order valence-electron chi connectivity index (χ0n) is 16.7. The van der Waals surface area contributed by atoms with Crippen molar-refractivity contribution < 1.29 is 13.6 Å². The van der Waals surface area contributed by atoms with Gasteiger partial charge >= 0.3 is 5.97 Å². The van der Waals surface area contributed by atoms with Gasteiger partial charge in [-0.15, -0.1) is 0 Å². The first-order valence-corrected chi connectivity index (χ1v) is 14.4. The first-order chi connectivity index (χ1) is 10.1. The average Bonchev–Trinajstić information content (AvgIpc) is 2.72. The quantitative estimate of drug-likeness (QED) is 0.659. The molecule has 6 heteroatoms. The van der Waals surface area contributed by atoms with E-state index in [2.05, 4.69) is 72.7 Å². The van der Waals surface area contributed by atoms with Gasteiger partial charge in [0.2, 0.25) is 0 Å². The second kappa shape index (κ2) is 6.35.